The van der Waals surface area contributed by atoms with Crippen molar-refractivity contribution >= 4 is 11.5 Å². The Morgan fingerprint density at radius 1 is 1.32 bits per heavy atom. The summed E-state index contributed by atoms with van der Waals surface area (Å²) in [5.74, 6) is -1.28. The highest BCUT2D eigenvalue weighted by molar-refractivity contribution is 5.81. The molecule has 0 fully saturated rings. The van der Waals surface area contributed by atoms with Gasteiger partial charge < -0.3 is 15.2 Å². The van der Waals surface area contributed by atoms with Crippen molar-refractivity contribution < 1.29 is 27.8 Å². The third-order valence-corrected chi connectivity index (χ3v) is 2.64. The summed E-state index contributed by atoms with van der Waals surface area (Å²) in [6.45, 7) is 0. The van der Waals surface area contributed by atoms with Gasteiger partial charge in [-0.25, -0.2) is 4.79 Å². The molecule has 19 heavy (non-hydrogen) atoms. The summed E-state index contributed by atoms with van der Waals surface area (Å²) < 4.78 is 39.7. The van der Waals surface area contributed by atoms with Gasteiger partial charge in [0.1, 0.15) is 11.8 Å². The lowest BCUT2D eigenvalue weighted by Gasteiger charge is -2.09. The summed E-state index contributed by atoms with van der Waals surface area (Å²) in [6.07, 6.45) is -2.88. The van der Waals surface area contributed by atoms with E-state index in [2.05, 4.69) is 10.1 Å². The van der Waals surface area contributed by atoms with Crippen molar-refractivity contribution in [2.75, 3.05) is 0 Å². The van der Waals surface area contributed by atoms with Gasteiger partial charge in [-0.3, -0.25) is 0 Å². The molecule has 1 aliphatic rings. The molecule has 0 radical (unpaired) electrons. The number of aliphatic carboxylic acids is 1. The summed E-state index contributed by atoms with van der Waals surface area (Å²) in [4.78, 5) is 10.7. The zero-order valence-electron chi connectivity index (χ0n) is 9.57. The van der Waals surface area contributed by atoms with Crippen LogP contribution < -0.4 is 10.1 Å². The monoisotopic (exact) mass is 273 g/mol. The normalized spacial score (nSPS) is 18.7. The maximum atomic E-state index is 12.0. The van der Waals surface area contributed by atoms with E-state index in [4.69, 9.17) is 5.11 Å². The quantitative estimate of drug-likeness (QED) is 0.887. The van der Waals surface area contributed by atoms with Crippen LogP contribution in [0.25, 0.3) is 5.57 Å². The van der Waals surface area contributed by atoms with Gasteiger partial charge in [0.2, 0.25) is 0 Å². The number of nitrogens with one attached hydrogen (secondary N) is 1. The Hall–Kier alpha value is -2.18. The first kappa shape index (κ1) is 13.3. The third kappa shape index (κ3) is 3.40. The Morgan fingerprint density at radius 2 is 1.95 bits per heavy atom. The van der Waals surface area contributed by atoms with E-state index in [1.807, 2.05) is 0 Å². The number of alkyl halides is 3. The van der Waals surface area contributed by atoms with Crippen LogP contribution >= 0.6 is 0 Å². The topological polar surface area (TPSA) is 58.6 Å². The molecule has 0 aliphatic carbocycles. The van der Waals surface area contributed by atoms with Gasteiger partial charge in [-0.15, -0.1) is 13.2 Å². The smallest absolute Gasteiger partial charge is 0.480 e. The SMILES string of the molecule is O=C(O)C1CC(c2ccc(OC(F)(F)F)cc2)=CN1. The molecule has 2 N–H and O–H groups in total. The summed E-state index contributed by atoms with van der Waals surface area (Å²) in [5, 5.41) is 11.5. The average Bonchev–Trinajstić information content (AvgIpc) is 2.77. The Kier molecular flexibility index (Phi) is 3.37. The predicted octanol–water partition coefficient (Wildman–Crippen LogP) is 2.37. The minimum absolute atomic E-state index is 0.287. The van der Waals surface area contributed by atoms with Gasteiger partial charge in [0.25, 0.3) is 0 Å². The molecule has 1 aliphatic heterocycles. The Labute approximate surface area is 106 Å². The number of hydrogen-bond acceptors (Lipinski definition) is 3. The van der Waals surface area contributed by atoms with Crippen LogP contribution in [0, 0.1) is 0 Å². The molecule has 2 rings (SSSR count). The van der Waals surface area contributed by atoms with Gasteiger partial charge in [-0.2, -0.15) is 0 Å². The molecular formula is C12H10F3NO3. The molecule has 0 amide bonds. The molecule has 1 unspecified atom stereocenters. The second kappa shape index (κ2) is 4.83. The van der Waals surface area contributed by atoms with Crippen LogP contribution in [0.15, 0.2) is 30.5 Å². The van der Waals surface area contributed by atoms with Crippen molar-refractivity contribution in [1.82, 2.24) is 5.32 Å². The number of halogens is 3. The number of ether oxygens (including phenoxy) is 1. The van der Waals surface area contributed by atoms with Crippen LogP contribution in [-0.2, 0) is 4.79 Å². The number of carboxylic acids is 1. The van der Waals surface area contributed by atoms with Crippen LogP contribution in [0.2, 0.25) is 0 Å². The fraction of sp³-hybridized carbons (Fsp3) is 0.250. The Bertz CT molecular complexity index is 508. The molecule has 0 spiro atoms. The van der Waals surface area contributed by atoms with Crippen LogP contribution in [-0.4, -0.2) is 23.5 Å². The first-order valence-corrected chi connectivity index (χ1v) is 5.39. The fourth-order valence-electron chi connectivity index (χ4n) is 1.77. The number of rotatable bonds is 3. The molecule has 7 heteroatoms. The molecule has 1 heterocycles. The molecule has 1 aromatic rings. The van der Waals surface area contributed by atoms with Crippen molar-refractivity contribution in [2.24, 2.45) is 0 Å². The zero-order chi connectivity index (χ0) is 14.0. The van der Waals surface area contributed by atoms with Gasteiger partial charge in [-0.1, -0.05) is 12.1 Å². The van der Waals surface area contributed by atoms with Crippen molar-refractivity contribution in [3.8, 4) is 5.75 Å². The second-order valence-electron chi connectivity index (χ2n) is 4.00. The molecule has 1 atom stereocenters. The van der Waals surface area contributed by atoms with Gasteiger partial charge in [0.05, 0.1) is 0 Å². The third-order valence-electron chi connectivity index (χ3n) is 2.64. The highest BCUT2D eigenvalue weighted by Crippen LogP contribution is 2.28. The largest absolute Gasteiger partial charge is 0.573 e. The van der Waals surface area contributed by atoms with Gasteiger partial charge >= 0.3 is 12.3 Å². The fourth-order valence-corrected chi connectivity index (χ4v) is 1.77. The van der Waals surface area contributed by atoms with Crippen LogP contribution in [0.4, 0.5) is 13.2 Å². The van der Waals surface area contributed by atoms with E-state index in [1.165, 1.54) is 24.3 Å². The van der Waals surface area contributed by atoms with Crippen LogP contribution in [0.1, 0.15) is 12.0 Å². The molecule has 0 saturated heterocycles. The standard InChI is InChI=1S/C12H10F3NO3/c13-12(14,15)19-9-3-1-7(2-4-9)8-5-10(11(17)18)16-6-8/h1-4,6,10,16H,5H2,(H,17,18). The lowest BCUT2D eigenvalue weighted by atomic mass is 10.0. The highest BCUT2D eigenvalue weighted by atomic mass is 19.4. The maximum Gasteiger partial charge on any atom is 0.573 e. The van der Waals surface area contributed by atoms with Crippen molar-refractivity contribution in [3.63, 3.8) is 0 Å². The molecule has 102 valence electrons. The first-order valence-electron chi connectivity index (χ1n) is 5.39. The second-order valence-corrected chi connectivity index (χ2v) is 4.00. The average molecular weight is 273 g/mol. The van der Waals surface area contributed by atoms with E-state index in [-0.39, 0.29) is 12.2 Å². The lowest BCUT2D eigenvalue weighted by Crippen LogP contribution is -2.28. The van der Waals surface area contributed by atoms with Crippen LogP contribution in [0.3, 0.4) is 0 Å². The van der Waals surface area contributed by atoms with Crippen molar-refractivity contribution in [2.45, 2.75) is 18.8 Å². The van der Waals surface area contributed by atoms with E-state index in [9.17, 15) is 18.0 Å². The summed E-state index contributed by atoms with van der Waals surface area (Å²) in [5.41, 5.74) is 1.39. The number of carbonyl (C=O) groups is 1. The highest BCUT2D eigenvalue weighted by Gasteiger charge is 2.31. The predicted molar refractivity (Wildman–Crippen MR) is 60.3 cm³/mol. The lowest BCUT2D eigenvalue weighted by molar-refractivity contribution is -0.274. The molecule has 0 saturated carbocycles. The van der Waals surface area contributed by atoms with Gasteiger partial charge in [-0.05, 0) is 23.3 Å². The molecule has 4 nitrogen and oxygen atoms in total. The van der Waals surface area contributed by atoms with Gasteiger partial charge in [0, 0.05) is 12.6 Å². The Morgan fingerprint density at radius 3 is 2.42 bits per heavy atom. The van der Waals surface area contributed by atoms with Crippen molar-refractivity contribution in [3.05, 3.63) is 36.0 Å². The number of carboxylic acid groups (broad SMARTS) is 1. The van der Waals surface area contributed by atoms with Crippen molar-refractivity contribution in [1.29, 1.82) is 0 Å². The van der Waals surface area contributed by atoms with E-state index in [1.54, 1.807) is 6.20 Å². The summed E-state index contributed by atoms with van der Waals surface area (Å²) in [7, 11) is 0. The van der Waals surface area contributed by atoms with E-state index < -0.39 is 18.4 Å². The van der Waals surface area contributed by atoms with Crippen LogP contribution in [0.5, 0.6) is 5.75 Å². The number of hydrogen-bond donors (Lipinski definition) is 2. The zero-order valence-corrected chi connectivity index (χ0v) is 9.57. The first-order chi connectivity index (χ1) is 8.85. The summed E-state index contributed by atoms with van der Waals surface area (Å²) in [6, 6.07) is 4.61. The number of benzene rings is 1. The minimum Gasteiger partial charge on any atom is -0.480 e. The molecule has 0 bridgehead atoms. The van der Waals surface area contributed by atoms with Gasteiger partial charge in [0.15, 0.2) is 0 Å². The summed E-state index contributed by atoms with van der Waals surface area (Å²) >= 11 is 0. The van der Waals surface area contributed by atoms with E-state index in [0.717, 1.165) is 5.57 Å². The maximum absolute atomic E-state index is 12.0. The molecule has 1 aromatic carbocycles. The Balaban J connectivity index is 2.06. The molecule has 0 aromatic heterocycles. The minimum atomic E-state index is -4.72. The van der Waals surface area contributed by atoms with E-state index in [0.29, 0.717) is 5.56 Å². The van der Waals surface area contributed by atoms with E-state index >= 15 is 0 Å². The molecular weight excluding hydrogens is 263 g/mol.